The van der Waals surface area contributed by atoms with E-state index in [0.717, 1.165) is 5.52 Å². The summed E-state index contributed by atoms with van der Waals surface area (Å²) in [5, 5.41) is 9.80. The summed E-state index contributed by atoms with van der Waals surface area (Å²) in [6, 6.07) is 11.7. The Labute approximate surface area is 114 Å². The predicted molar refractivity (Wildman–Crippen MR) is 72.7 cm³/mol. The third-order valence-electron chi connectivity index (χ3n) is 2.54. The molecule has 19 heavy (non-hydrogen) atoms. The zero-order valence-corrected chi connectivity index (χ0v) is 10.5. The monoisotopic (exact) mass is 272 g/mol. The number of aromatic nitrogens is 2. The smallest absolute Gasteiger partial charge is 0.238 e. The van der Waals surface area contributed by atoms with Crippen molar-refractivity contribution in [1.82, 2.24) is 9.97 Å². The number of halogens is 1. The zero-order valence-electron chi connectivity index (χ0n) is 9.75. The van der Waals surface area contributed by atoms with Crippen molar-refractivity contribution < 1.29 is 9.84 Å². The number of hydrogen-bond donors (Lipinski definition) is 1. The largest absolute Gasteiger partial charge is 0.508 e. The third kappa shape index (κ3) is 2.58. The van der Waals surface area contributed by atoms with E-state index in [0.29, 0.717) is 22.2 Å². The highest BCUT2D eigenvalue weighted by atomic mass is 35.5. The number of fused-ring (bicyclic) bond motifs is 1. The predicted octanol–water partition coefficient (Wildman–Crippen LogP) is 3.78. The number of phenolic OH excluding ortho intramolecular Hbond substituents is 1. The van der Waals surface area contributed by atoms with Crippen LogP contribution in [0.5, 0.6) is 17.4 Å². The van der Waals surface area contributed by atoms with Gasteiger partial charge >= 0.3 is 0 Å². The summed E-state index contributed by atoms with van der Waals surface area (Å²) in [7, 11) is 0. The second-order valence-electron chi connectivity index (χ2n) is 3.94. The Morgan fingerprint density at radius 3 is 2.58 bits per heavy atom. The van der Waals surface area contributed by atoms with Gasteiger partial charge in [0.25, 0.3) is 0 Å². The molecule has 3 rings (SSSR count). The van der Waals surface area contributed by atoms with Crippen LogP contribution in [-0.4, -0.2) is 15.1 Å². The molecule has 0 aliphatic rings. The maximum Gasteiger partial charge on any atom is 0.238 e. The second-order valence-corrected chi connectivity index (χ2v) is 4.37. The van der Waals surface area contributed by atoms with E-state index in [9.17, 15) is 5.11 Å². The van der Waals surface area contributed by atoms with Crippen molar-refractivity contribution in [2.45, 2.75) is 0 Å². The minimum atomic E-state index is 0.184. The number of aromatic hydroxyl groups is 1. The maximum atomic E-state index is 9.20. The van der Waals surface area contributed by atoms with Gasteiger partial charge < -0.3 is 9.84 Å². The van der Waals surface area contributed by atoms with Gasteiger partial charge in [-0.05, 0) is 42.5 Å². The van der Waals surface area contributed by atoms with Crippen LogP contribution < -0.4 is 4.74 Å². The standard InChI is InChI=1S/C14H9ClN2O2/c15-9-1-6-12-13(7-9)17-14(8-16-12)19-11-4-2-10(18)3-5-11/h1-8,18H. The average molecular weight is 273 g/mol. The Morgan fingerprint density at radius 1 is 1.00 bits per heavy atom. The summed E-state index contributed by atoms with van der Waals surface area (Å²) in [5.41, 5.74) is 1.42. The molecule has 0 atom stereocenters. The quantitative estimate of drug-likeness (QED) is 0.771. The Bertz CT molecular complexity index is 729. The first-order chi connectivity index (χ1) is 9.20. The SMILES string of the molecule is Oc1ccc(Oc2cnc3ccc(Cl)cc3n2)cc1. The molecule has 0 saturated carbocycles. The van der Waals surface area contributed by atoms with Crippen LogP contribution in [0.25, 0.3) is 11.0 Å². The first kappa shape index (κ1) is 11.7. The van der Waals surface area contributed by atoms with Crippen molar-refractivity contribution in [3.8, 4) is 17.4 Å². The van der Waals surface area contributed by atoms with E-state index in [-0.39, 0.29) is 5.75 Å². The zero-order chi connectivity index (χ0) is 13.2. The Balaban J connectivity index is 1.94. The maximum absolute atomic E-state index is 9.20. The molecule has 1 aromatic heterocycles. The van der Waals surface area contributed by atoms with E-state index in [1.165, 1.54) is 0 Å². The number of rotatable bonds is 2. The molecule has 0 spiro atoms. The average Bonchev–Trinajstić information content (AvgIpc) is 2.41. The van der Waals surface area contributed by atoms with Gasteiger partial charge in [-0.2, -0.15) is 0 Å². The van der Waals surface area contributed by atoms with E-state index in [1.807, 2.05) is 0 Å². The van der Waals surface area contributed by atoms with E-state index in [1.54, 1.807) is 48.7 Å². The fourth-order valence-corrected chi connectivity index (χ4v) is 1.82. The van der Waals surface area contributed by atoms with E-state index in [4.69, 9.17) is 16.3 Å². The second kappa shape index (κ2) is 4.74. The number of ether oxygens (including phenoxy) is 1. The van der Waals surface area contributed by atoms with Gasteiger partial charge in [0.2, 0.25) is 5.88 Å². The molecule has 4 nitrogen and oxygen atoms in total. The number of nitrogens with zero attached hydrogens (tertiary/aromatic N) is 2. The molecule has 0 saturated heterocycles. The minimum absolute atomic E-state index is 0.184. The molecular formula is C14H9ClN2O2. The van der Waals surface area contributed by atoms with Crippen molar-refractivity contribution >= 4 is 22.6 Å². The molecule has 3 aromatic rings. The summed E-state index contributed by atoms with van der Waals surface area (Å²) in [5.74, 6) is 1.14. The van der Waals surface area contributed by atoms with Crippen LogP contribution in [0.15, 0.2) is 48.7 Å². The molecule has 0 radical (unpaired) electrons. The van der Waals surface area contributed by atoms with Crippen LogP contribution in [0.1, 0.15) is 0 Å². The Morgan fingerprint density at radius 2 is 1.79 bits per heavy atom. The highest BCUT2D eigenvalue weighted by Crippen LogP contribution is 2.23. The van der Waals surface area contributed by atoms with Crippen molar-refractivity contribution in [3.63, 3.8) is 0 Å². The normalized spacial score (nSPS) is 10.6. The van der Waals surface area contributed by atoms with Gasteiger partial charge in [0.05, 0.1) is 17.2 Å². The first-order valence-electron chi connectivity index (χ1n) is 5.60. The number of phenols is 1. The summed E-state index contributed by atoms with van der Waals surface area (Å²) >= 11 is 5.91. The van der Waals surface area contributed by atoms with Gasteiger partial charge in [0.15, 0.2) is 0 Å². The molecule has 1 heterocycles. The molecule has 0 aliphatic heterocycles. The van der Waals surface area contributed by atoms with Gasteiger partial charge in [-0.3, -0.25) is 0 Å². The topological polar surface area (TPSA) is 55.2 Å². The van der Waals surface area contributed by atoms with E-state index >= 15 is 0 Å². The minimum Gasteiger partial charge on any atom is -0.508 e. The lowest BCUT2D eigenvalue weighted by Gasteiger charge is -2.05. The van der Waals surface area contributed by atoms with E-state index in [2.05, 4.69) is 9.97 Å². The van der Waals surface area contributed by atoms with Gasteiger partial charge in [0.1, 0.15) is 11.5 Å². The molecule has 0 bridgehead atoms. The fraction of sp³-hybridized carbons (Fsp3) is 0. The first-order valence-corrected chi connectivity index (χ1v) is 5.98. The summed E-state index contributed by atoms with van der Waals surface area (Å²) in [6.07, 6.45) is 1.54. The van der Waals surface area contributed by atoms with Gasteiger partial charge in [-0.1, -0.05) is 11.6 Å². The fourth-order valence-electron chi connectivity index (χ4n) is 1.65. The molecule has 0 amide bonds. The summed E-state index contributed by atoms with van der Waals surface area (Å²) in [6.45, 7) is 0. The lowest BCUT2D eigenvalue weighted by molar-refractivity contribution is 0.454. The molecule has 94 valence electrons. The van der Waals surface area contributed by atoms with Gasteiger partial charge in [0, 0.05) is 5.02 Å². The van der Waals surface area contributed by atoms with Crippen LogP contribution in [-0.2, 0) is 0 Å². The molecule has 2 aromatic carbocycles. The van der Waals surface area contributed by atoms with Crippen LogP contribution in [0.2, 0.25) is 5.02 Å². The number of benzene rings is 2. The molecule has 5 heteroatoms. The molecule has 1 N–H and O–H groups in total. The lowest BCUT2D eigenvalue weighted by atomic mass is 10.3. The summed E-state index contributed by atoms with van der Waals surface area (Å²) in [4.78, 5) is 8.56. The van der Waals surface area contributed by atoms with Crippen LogP contribution in [0, 0.1) is 0 Å². The van der Waals surface area contributed by atoms with Gasteiger partial charge in [-0.15, -0.1) is 0 Å². The van der Waals surface area contributed by atoms with Crippen LogP contribution in [0.3, 0.4) is 0 Å². The highest BCUT2D eigenvalue weighted by Gasteiger charge is 2.03. The van der Waals surface area contributed by atoms with Crippen LogP contribution >= 0.6 is 11.6 Å². The summed E-state index contributed by atoms with van der Waals surface area (Å²) < 4.78 is 5.55. The lowest BCUT2D eigenvalue weighted by Crippen LogP contribution is -1.90. The van der Waals surface area contributed by atoms with Crippen molar-refractivity contribution in [2.75, 3.05) is 0 Å². The van der Waals surface area contributed by atoms with E-state index < -0.39 is 0 Å². The highest BCUT2D eigenvalue weighted by molar-refractivity contribution is 6.31. The Hall–Kier alpha value is -2.33. The number of hydrogen-bond acceptors (Lipinski definition) is 4. The molecular weight excluding hydrogens is 264 g/mol. The molecule has 0 unspecified atom stereocenters. The third-order valence-corrected chi connectivity index (χ3v) is 2.78. The van der Waals surface area contributed by atoms with Crippen molar-refractivity contribution in [3.05, 3.63) is 53.7 Å². The van der Waals surface area contributed by atoms with Crippen molar-refractivity contribution in [1.29, 1.82) is 0 Å². The van der Waals surface area contributed by atoms with Crippen molar-refractivity contribution in [2.24, 2.45) is 0 Å². The molecule has 0 aliphatic carbocycles. The Kier molecular flexibility index (Phi) is 2.93. The molecule has 0 fully saturated rings. The van der Waals surface area contributed by atoms with Crippen LogP contribution in [0.4, 0.5) is 0 Å². The van der Waals surface area contributed by atoms with Gasteiger partial charge in [-0.25, -0.2) is 9.97 Å².